The van der Waals surface area contributed by atoms with Crippen molar-refractivity contribution < 1.29 is 14.0 Å². The van der Waals surface area contributed by atoms with E-state index in [-0.39, 0.29) is 23.5 Å². The molecule has 1 aliphatic rings. The number of carbonyl (C=O) groups is 2. The molecule has 3 aromatic rings. The highest BCUT2D eigenvalue weighted by Gasteiger charge is 2.29. The van der Waals surface area contributed by atoms with Crippen LogP contribution >= 0.6 is 11.3 Å². The monoisotopic (exact) mass is 414 g/mol. The average molecular weight is 415 g/mol. The van der Waals surface area contributed by atoms with E-state index in [0.29, 0.717) is 30.8 Å². The highest BCUT2D eigenvalue weighted by Crippen LogP contribution is 2.32. The molecule has 2 aromatic heterocycles. The molecule has 0 spiro atoms. The zero-order chi connectivity index (χ0) is 20.7. The highest BCUT2D eigenvalue weighted by molar-refractivity contribution is 7.20. The van der Waals surface area contributed by atoms with Crippen LogP contribution in [-0.2, 0) is 4.79 Å². The molecule has 0 bridgehead atoms. The van der Waals surface area contributed by atoms with Crippen molar-refractivity contribution in [2.45, 2.75) is 19.8 Å². The Hall–Kier alpha value is -2.74. The largest absolute Gasteiger partial charge is 0.349 e. The number of fused-ring (bicyclic) bond motifs is 1. The molecule has 0 N–H and O–H groups in total. The normalized spacial score (nSPS) is 15.1. The summed E-state index contributed by atoms with van der Waals surface area (Å²) in [6.45, 7) is 3.07. The molecule has 1 aliphatic heterocycles. The van der Waals surface area contributed by atoms with E-state index in [2.05, 4.69) is 5.10 Å². The molecule has 0 atom stereocenters. The second-order valence-electron chi connectivity index (χ2n) is 7.60. The topological polar surface area (TPSA) is 58.4 Å². The average Bonchev–Trinajstić information content (AvgIpc) is 3.28. The summed E-state index contributed by atoms with van der Waals surface area (Å²) in [4.78, 5) is 30.2. The van der Waals surface area contributed by atoms with E-state index in [1.54, 1.807) is 35.8 Å². The lowest BCUT2D eigenvalue weighted by molar-refractivity contribution is -0.134. The van der Waals surface area contributed by atoms with Crippen molar-refractivity contribution in [3.8, 4) is 5.69 Å². The molecule has 3 heterocycles. The fourth-order valence-electron chi connectivity index (χ4n) is 3.76. The van der Waals surface area contributed by atoms with Crippen LogP contribution in [0.15, 0.2) is 30.3 Å². The van der Waals surface area contributed by atoms with Crippen molar-refractivity contribution in [2.24, 2.45) is 5.92 Å². The maximum Gasteiger partial charge on any atom is 0.264 e. The Balaban J connectivity index is 1.56. The summed E-state index contributed by atoms with van der Waals surface area (Å²) in [5, 5.41) is 5.48. The highest BCUT2D eigenvalue weighted by atomic mass is 32.1. The van der Waals surface area contributed by atoms with Gasteiger partial charge in [-0.2, -0.15) is 5.10 Å². The van der Waals surface area contributed by atoms with Crippen molar-refractivity contribution in [3.05, 3.63) is 46.7 Å². The standard InChI is InChI=1S/C21H23FN4O2S/c1-13-17-12-18(20(28)25-10-8-14(9-11-25)19(27)24(2)3)29-21(17)26(23-13)16-6-4-15(22)5-7-16/h4-7,12,14H,8-11H2,1-3H3. The van der Waals surface area contributed by atoms with Crippen molar-refractivity contribution in [1.29, 1.82) is 0 Å². The summed E-state index contributed by atoms with van der Waals surface area (Å²) in [7, 11) is 3.54. The Labute approximate surface area is 172 Å². The van der Waals surface area contributed by atoms with Gasteiger partial charge in [-0.05, 0) is 50.1 Å². The maximum atomic E-state index is 13.3. The maximum absolute atomic E-state index is 13.3. The molecule has 29 heavy (non-hydrogen) atoms. The number of nitrogens with zero attached hydrogens (tertiary/aromatic N) is 4. The number of hydrogen-bond acceptors (Lipinski definition) is 4. The van der Waals surface area contributed by atoms with Gasteiger partial charge < -0.3 is 9.80 Å². The molecule has 1 aromatic carbocycles. The fourth-order valence-corrected chi connectivity index (χ4v) is 4.91. The summed E-state index contributed by atoms with van der Waals surface area (Å²) in [5.74, 6) is -0.182. The molecule has 152 valence electrons. The lowest BCUT2D eigenvalue weighted by atomic mass is 9.95. The van der Waals surface area contributed by atoms with Crippen molar-refractivity contribution in [2.75, 3.05) is 27.2 Å². The van der Waals surface area contributed by atoms with E-state index in [9.17, 15) is 14.0 Å². The SMILES string of the molecule is Cc1nn(-c2ccc(F)cc2)c2sc(C(=O)N3CCC(C(=O)N(C)C)CC3)cc12. The van der Waals surface area contributed by atoms with Crippen LogP contribution in [0.2, 0.25) is 0 Å². The second kappa shape index (κ2) is 7.59. The Morgan fingerprint density at radius 1 is 1.17 bits per heavy atom. The quantitative estimate of drug-likeness (QED) is 0.659. The minimum atomic E-state index is -0.299. The molecule has 1 saturated heterocycles. The number of amides is 2. The van der Waals surface area contributed by atoms with Crippen LogP contribution in [0.5, 0.6) is 0 Å². The van der Waals surface area contributed by atoms with Crippen molar-refractivity contribution in [1.82, 2.24) is 19.6 Å². The molecule has 6 nitrogen and oxygen atoms in total. The first kappa shape index (κ1) is 19.6. The lowest BCUT2D eigenvalue weighted by Gasteiger charge is -2.32. The van der Waals surface area contributed by atoms with Crippen molar-refractivity contribution in [3.63, 3.8) is 0 Å². The molecular formula is C21H23FN4O2S. The molecule has 8 heteroatoms. The number of thiophene rings is 1. The van der Waals surface area contributed by atoms with Crippen LogP contribution < -0.4 is 0 Å². The van der Waals surface area contributed by atoms with Crippen LogP contribution in [0.25, 0.3) is 15.9 Å². The molecule has 4 rings (SSSR count). The lowest BCUT2D eigenvalue weighted by Crippen LogP contribution is -2.42. The van der Waals surface area contributed by atoms with E-state index in [0.717, 1.165) is 21.6 Å². The van der Waals surface area contributed by atoms with Gasteiger partial charge in [0.1, 0.15) is 10.6 Å². The van der Waals surface area contributed by atoms with Gasteiger partial charge >= 0.3 is 0 Å². The van der Waals surface area contributed by atoms with Gasteiger partial charge in [0.05, 0.1) is 16.3 Å². The van der Waals surface area contributed by atoms with Gasteiger partial charge in [0, 0.05) is 38.5 Å². The summed E-state index contributed by atoms with van der Waals surface area (Å²) in [6.07, 6.45) is 1.38. The van der Waals surface area contributed by atoms with Crippen LogP contribution in [0.4, 0.5) is 4.39 Å². The second-order valence-corrected chi connectivity index (χ2v) is 8.63. The van der Waals surface area contributed by atoms with Crippen LogP contribution in [0.3, 0.4) is 0 Å². The summed E-state index contributed by atoms with van der Waals surface area (Å²) in [5.41, 5.74) is 1.59. The summed E-state index contributed by atoms with van der Waals surface area (Å²) in [6, 6.07) is 8.04. The third kappa shape index (κ3) is 3.64. The zero-order valence-electron chi connectivity index (χ0n) is 16.7. The number of hydrogen-bond donors (Lipinski definition) is 0. The molecular weight excluding hydrogens is 391 g/mol. The molecule has 0 saturated carbocycles. The molecule has 0 unspecified atom stereocenters. The van der Waals surface area contributed by atoms with E-state index in [1.807, 2.05) is 17.9 Å². The molecule has 0 radical (unpaired) electrons. The Kier molecular flexibility index (Phi) is 5.12. The number of piperidine rings is 1. The number of aryl methyl sites for hydroxylation is 1. The van der Waals surface area contributed by atoms with Crippen LogP contribution in [-0.4, -0.2) is 58.6 Å². The Morgan fingerprint density at radius 3 is 2.45 bits per heavy atom. The van der Waals surface area contributed by atoms with E-state index >= 15 is 0 Å². The minimum absolute atomic E-state index is 0.00740. The number of likely N-dealkylation sites (tertiary alicyclic amines) is 1. The Bertz CT molecular complexity index is 1060. The molecule has 2 amide bonds. The van der Waals surface area contributed by atoms with Gasteiger partial charge in [-0.3, -0.25) is 9.59 Å². The first-order valence-corrected chi connectivity index (χ1v) is 10.4. The van der Waals surface area contributed by atoms with Gasteiger partial charge in [-0.15, -0.1) is 11.3 Å². The predicted molar refractivity (Wildman–Crippen MR) is 111 cm³/mol. The number of carbonyl (C=O) groups excluding carboxylic acids is 2. The van der Waals surface area contributed by atoms with E-state index in [4.69, 9.17) is 0 Å². The number of halogens is 1. The number of aromatic nitrogens is 2. The van der Waals surface area contributed by atoms with Gasteiger partial charge in [0.25, 0.3) is 5.91 Å². The van der Waals surface area contributed by atoms with Gasteiger partial charge in [0.15, 0.2) is 0 Å². The van der Waals surface area contributed by atoms with Gasteiger partial charge in [-0.1, -0.05) is 0 Å². The fraction of sp³-hybridized carbons (Fsp3) is 0.381. The summed E-state index contributed by atoms with van der Waals surface area (Å²) >= 11 is 1.40. The van der Waals surface area contributed by atoms with Crippen LogP contribution in [0, 0.1) is 18.7 Å². The Morgan fingerprint density at radius 2 is 1.83 bits per heavy atom. The van der Waals surface area contributed by atoms with Gasteiger partial charge in [-0.25, -0.2) is 9.07 Å². The minimum Gasteiger partial charge on any atom is -0.349 e. The van der Waals surface area contributed by atoms with E-state index < -0.39 is 0 Å². The number of rotatable bonds is 3. The predicted octanol–water partition coefficient (Wildman–Crippen LogP) is 3.47. The summed E-state index contributed by atoms with van der Waals surface area (Å²) < 4.78 is 15.0. The number of benzene rings is 1. The first-order valence-electron chi connectivity index (χ1n) is 9.60. The third-order valence-corrected chi connectivity index (χ3v) is 6.50. The first-order chi connectivity index (χ1) is 13.8. The molecule has 0 aliphatic carbocycles. The van der Waals surface area contributed by atoms with Crippen molar-refractivity contribution >= 4 is 33.4 Å². The zero-order valence-corrected chi connectivity index (χ0v) is 17.5. The molecule has 1 fully saturated rings. The van der Waals surface area contributed by atoms with Crippen LogP contribution in [0.1, 0.15) is 28.2 Å². The van der Waals surface area contributed by atoms with Gasteiger partial charge in [0.2, 0.25) is 5.91 Å². The van der Waals surface area contributed by atoms with E-state index in [1.165, 1.54) is 23.5 Å². The third-order valence-electron chi connectivity index (χ3n) is 5.40. The smallest absolute Gasteiger partial charge is 0.264 e.